The molecule has 1 rings (SSSR count). The van der Waals surface area contributed by atoms with Crippen molar-refractivity contribution in [2.45, 2.75) is 13.3 Å². The number of hydrogen-bond acceptors (Lipinski definition) is 1. The van der Waals surface area contributed by atoms with Crippen molar-refractivity contribution < 1.29 is 0 Å². The molecule has 0 bridgehead atoms. The van der Waals surface area contributed by atoms with Gasteiger partial charge in [0.05, 0.1) is 5.02 Å². The first-order chi connectivity index (χ1) is 7.25. The number of halogens is 1. The van der Waals surface area contributed by atoms with E-state index in [-0.39, 0.29) is 0 Å². The van der Waals surface area contributed by atoms with E-state index in [1.807, 2.05) is 25.1 Å². The van der Waals surface area contributed by atoms with E-state index in [1.165, 1.54) is 0 Å². The Hall–Kier alpha value is -1.62. The number of benzene rings is 1. The molecule has 76 valence electrons. The molecule has 0 N–H and O–H groups in total. The van der Waals surface area contributed by atoms with Gasteiger partial charge in [0, 0.05) is 23.4 Å². The van der Waals surface area contributed by atoms with Crippen LogP contribution in [0.4, 0.5) is 0 Å². The summed E-state index contributed by atoms with van der Waals surface area (Å²) in [5.74, 6) is 5.89. The summed E-state index contributed by atoms with van der Waals surface area (Å²) in [6.45, 7) is 2.36. The molecule has 0 aliphatic heterocycles. The third-order valence-electron chi connectivity index (χ3n) is 1.84. The van der Waals surface area contributed by atoms with E-state index in [2.05, 4.69) is 21.9 Å². The number of azide groups is 1. The minimum Gasteiger partial charge on any atom is -0.0977 e. The Bertz CT molecular complexity index is 430. The van der Waals surface area contributed by atoms with E-state index in [0.29, 0.717) is 18.0 Å². The van der Waals surface area contributed by atoms with Gasteiger partial charge in [-0.2, -0.15) is 0 Å². The van der Waals surface area contributed by atoms with Crippen molar-refractivity contribution in [2.24, 2.45) is 5.11 Å². The first-order valence-corrected chi connectivity index (χ1v) is 4.88. The highest BCUT2D eigenvalue weighted by Gasteiger charge is 1.98. The lowest BCUT2D eigenvalue weighted by atomic mass is 10.1. The highest BCUT2D eigenvalue weighted by Crippen LogP contribution is 2.17. The molecule has 0 radical (unpaired) electrons. The van der Waals surface area contributed by atoms with Gasteiger partial charge in [-0.3, -0.25) is 0 Å². The molecule has 0 amide bonds. The maximum Gasteiger partial charge on any atom is 0.0565 e. The normalized spacial score (nSPS) is 8.67. The quantitative estimate of drug-likeness (QED) is 0.239. The molecule has 1 aromatic carbocycles. The molecule has 0 atom stereocenters. The molecule has 1 aromatic rings. The van der Waals surface area contributed by atoms with E-state index in [9.17, 15) is 0 Å². The van der Waals surface area contributed by atoms with Crippen LogP contribution in [0.25, 0.3) is 10.4 Å². The summed E-state index contributed by atoms with van der Waals surface area (Å²) in [6, 6.07) is 5.66. The lowest BCUT2D eigenvalue weighted by Gasteiger charge is -1.99. The topological polar surface area (TPSA) is 48.8 Å². The SMILES string of the molecule is Cc1cccc(Cl)c1C#CCCN=[N+]=[N-]. The zero-order valence-electron chi connectivity index (χ0n) is 8.37. The van der Waals surface area contributed by atoms with Crippen molar-refractivity contribution in [1.29, 1.82) is 0 Å². The summed E-state index contributed by atoms with van der Waals surface area (Å²) in [7, 11) is 0. The second kappa shape index (κ2) is 5.98. The molecule has 3 nitrogen and oxygen atoms in total. The zero-order chi connectivity index (χ0) is 11.1. The van der Waals surface area contributed by atoms with Crippen LogP contribution in [0.1, 0.15) is 17.5 Å². The van der Waals surface area contributed by atoms with Gasteiger partial charge in [-0.25, -0.2) is 0 Å². The van der Waals surface area contributed by atoms with Crippen LogP contribution in [-0.2, 0) is 0 Å². The van der Waals surface area contributed by atoms with Crippen LogP contribution in [-0.4, -0.2) is 6.54 Å². The van der Waals surface area contributed by atoms with E-state index in [0.717, 1.165) is 11.1 Å². The molecular formula is C11H10ClN3. The summed E-state index contributed by atoms with van der Waals surface area (Å²) in [6.07, 6.45) is 0.550. The Kier molecular flexibility index (Phi) is 4.56. The smallest absolute Gasteiger partial charge is 0.0565 e. The van der Waals surface area contributed by atoms with Crippen molar-refractivity contribution in [3.05, 3.63) is 44.8 Å². The largest absolute Gasteiger partial charge is 0.0977 e. The molecular weight excluding hydrogens is 210 g/mol. The Labute approximate surface area is 93.7 Å². The van der Waals surface area contributed by atoms with Crippen molar-refractivity contribution in [1.82, 2.24) is 0 Å². The second-order valence-electron chi connectivity index (χ2n) is 2.94. The summed E-state index contributed by atoms with van der Waals surface area (Å²) in [5.41, 5.74) is 9.96. The molecule has 0 aliphatic rings. The molecule has 0 heterocycles. The Morgan fingerprint density at radius 3 is 3.00 bits per heavy atom. The second-order valence-corrected chi connectivity index (χ2v) is 3.35. The fourth-order valence-corrected chi connectivity index (χ4v) is 1.36. The van der Waals surface area contributed by atoms with Gasteiger partial charge in [0.25, 0.3) is 0 Å². The van der Waals surface area contributed by atoms with Gasteiger partial charge >= 0.3 is 0 Å². The lowest BCUT2D eigenvalue weighted by Crippen LogP contribution is -1.83. The maximum absolute atomic E-state index is 8.06. The van der Waals surface area contributed by atoms with Crippen molar-refractivity contribution in [3.8, 4) is 11.8 Å². The van der Waals surface area contributed by atoms with Gasteiger partial charge in [0.2, 0.25) is 0 Å². The van der Waals surface area contributed by atoms with Crippen LogP contribution in [0.2, 0.25) is 5.02 Å². The van der Waals surface area contributed by atoms with Crippen LogP contribution in [0.3, 0.4) is 0 Å². The standard InChI is InChI=1S/C11H10ClN3/c1-9-5-4-7-11(12)10(9)6-2-3-8-14-15-13/h4-5,7H,3,8H2,1H3. The van der Waals surface area contributed by atoms with Gasteiger partial charge in [0.1, 0.15) is 0 Å². The summed E-state index contributed by atoms with van der Waals surface area (Å²) in [4.78, 5) is 2.65. The first-order valence-electron chi connectivity index (χ1n) is 4.50. The number of hydrogen-bond donors (Lipinski definition) is 0. The van der Waals surface area contributed by atoms with Gasteiger partial charge in [-0.15, -0.1) is 0 Å². The van der Waals surface area contributed by atoms with Crippen molar-refractivity contribution in [3.63, 3.8) is 0 Å². The maximum atomic E-state index is 8.06. The van der Waals surface area contributed by atoms with Crippen LogP contribution in [0.15, 0.2) is 23.3 Å². The average Bonchev–Trinajstić information content (AvgIpc) is 2.21. The summed E-state index contributed by atoms with van der Waals surface area (Å²) < 4.78 is 0. The third-order valence-corrected chi connectivity index (χ3v) is 2.15. The van der Waals surface area contributed by atoms with Crippen molar-refractivity contribution >= 4 is 11.6 Å². The minimum absolute atomic E-state index is 0.396. The lowest BCUT2D eigenvalue weighted by molar-refractivity contribution is 1.01. The fraction of sp³-hybridized carbons (Fsp3) is 0.273. The molecule has 0 aliphatic carbocycles. The van der Waals surface area contributed by atoms with Crippen LogP contribution < -0.4 is 0 Å². The summed E-state index contributed by atoms with van der Waals surface area (Å²) >= 11 is 5.99. The number of aryl methyl sites for hydroxylation is 1. The third kappa shape index (κ3) is 3.55. The highest BCUT2D eigenvalue weighted by atomic mass is 35.5. The first kappa shape index (κ1) is 11.5. The molecule has 0 fully saturated rings. The Balaban J connectivity index is 2.75. The predicted molar refractivity (Wildman–Crippen MR) is 61.7 cm³/mol. The van der Waals surface area contributed by atoms with E-state index < -0.39 is 0 Å². The molecule has 0 saturated heterocycles. The predicted octanol–water partition coefficient (Wildman–Crippen LogP) is 3.70. The molecule has 0 aromatic heterocycles. The molecule has 15 heavy (non-hydrogen) atoms. The minimum atomic E-state index is 0.396. The molecule has 0 spiro atoms. The monoisotopic (exact) mass is 219 g/mol. The van der Waals surface area contributed by atoms with Crippen LogP contribution in [0.5, 0.6) is 0 Å². The van der Waals surface area contributed by atoms with E-state index >= 15 is 0 Å². The van der Waals surface area contributed by atoms with Gasteiger partial charge in [-0.05, 0) is 24.1 Å². The Morgan fingerprint density at radius 2 is 2.33 bits per heavy atom. The van der Waals surface area contributed by atoms with Crippen LogP contribution >= 0.6 is 11.6 Å². The zero-order valence-corrected chi connectivity index (χ0v) is 9.12. The average molecular weight is 220 g/mol. The van der Waals surface area contributed by atoms with Gasteiger partial charge in [0.15, 0.2) is 0 Å². The van der Waals surface area contributed by atoms with E-state index in [1.54, 1.807) is 0 Å². The Morgan fingerprint density at radius 1 is 1.53 bits per heavy atom. The molecule has 4 heteroatoms. The van der Waals surface area contributed by atoms with E-state index in [4.69, 9.17) is 17.1 Å². The fourth-order valence-electron chi connectivity index (χ4n) is 1.09. The van der Waals surface area contributed by atoms with Crippen LogP contribution in [0, 0.1) is 18.8 Å². The number of rotatable bonds is 2. The number of nitrogens with zero attached hydrogens (tertiary/aromatic N) is 3. The van der Waals surface area contributed by atoms with Gasteiger partial charge < -0.3 is 0 Å². The summed E-state index contributed by atoms with van der Waals surface area (Å²) in [5, 5.41) is 4.05. The van der Waals surface area contributed by atoms with Gasteiger partial charge in [-0.1, -0.05) is 40.7 Å². The molecule has 0 unspecified atom stereocenters. The van der Waals surface area contributed by atoms with Crippen molar-refractivity contribution in [2.75, 3.05) is 6.54 Å². The highest BCUT2D eigenvalue weighted by molar-refractivity contribution is 6.31. The molecule has 0 saturated carbocycles.